The first-order valence-corrected chi connectivity index (χ1v) is 7.60. The van der Waals surface area contributed by atoms with Gasteiger partial charge in [0.2, 0.25) is 0 Å². The van der Waals surface area contributed by atoms with E-state index in [9.17, 15) is 4.79 Å². The highest BCUT2D eigenvalue weighted by Gasteiger charge is 2.01. The minimum atomic E-state index is -0.190. The monoisotopic (exact) mass is 314 g/mol. The Bertz CT molecular complexity index is 602. The predicted molar refractivity (Wildman–Crippen MR) is 90.0 cm³/mol. The van der Waals surface area contributed by atoms with Crippen LogP contribution in [0.2, 0.25) is 0 Å². The third kappa shape index (κ3) is 6.30. The van der Waals surface area contributed by atoms with E-state index in [0.717, 1.165) is 23.5 Å². The molecule has 5 heteroatoms. The van der Waals surface area contributed by atoms with Crippen molar-refractivity contribution in [2.45, 2.75) is 6.42 Å². The van der Waals surface area contributed by atoms with E-state index in [1.165, 1.54) is 0 Å². The number of nitrogens with one attached hydrogen (secondary N) is 2. The number of hydrogen-bond acceptors (Lipinski definition) is 3. The number of carbonyl (C=O) groups excluding carboxylic acids is 1. The van der Waals surface area contributed by atoms with Gasteiger partial charge in [0.25, 0.3) is 0 Å². The van der Waals surface area contributed by atoms with Crippen molar-refractivity contribution >= 4 is 6.03 Å². The van der Waals surface area contributed by atoms with Crippen LogP contribution in [0.4, 0.5) is 4.79 Å². The SMILES string of the molecule is COc1cccc(CCNC(=O)NCCOc2ccccc2)c1. The van der Waals surface area contributed by atoms with Gasteiger partial charge in [-0.05, 0) is 36.2 Å². The maximum Gasteiger partial charge on any atom is 0.314 e. The van der Waals surface area contributed by atoms with Crippen molar-refractivity contribution in [3.8, 4) is 11.5 Å². The Kier molecular flexibility index (Phi) is 6.78. The molecule has 0 radical (unpaired) electrons. The number of para-hydroxylation sites is 1. The Hall–Kier alpha value is -2.69. The summed E-state index contributed by atoms with van der Waals surface area (Å²) >= 11 is 0. The molecule has 0 aliphatic heterocycles. The highest BCUT2D eigenvalue weighted by Crippen LogP contribution is 2.12. The molecule has 122 valence electrons. The lowest BCUT2D eigenvalue weighted by atomic mass is 10.1. The summed E-state index contributed by atoms with van der Waals surface area (Å²) in [5.41, 5.74) is 1.12. The zero-order chi connectivity index (χ0) is 16.3. The number of ether oxygens (including phenoxy) is 2. The van der Waals surface area contributed by atoms with Gasteiger partial charge in [0.05, 0.1) is 13.7 Å². The van der Waals surface area contributed by atoms with E-state index in [0.29, 0.717) is 19.7 Å². The maximum absolute atomic E-state index is 11.7. The average molecular weight is 314 g/mol. The fourth-order valence-electron chi connectivity index (χ4n) is 2.06. The smallest absolute Gasteiger partial charge is 0.314 e. The highest BCUT2D eigenvalue weighted by molar-refractivity contribution is 5.73. The third-order valence-corrected chi connectivity index (χ3v) is 3.23. The molecule has 0 aliphatic rings. The van der Waals surface area contributed by atoms with E-state index in [-0.39, 0.29) is 6.03 Å². The van der Waals surface area contributed by atoms with Crippen LogP contribution in [0.5, 0.6) is 11.5 Å². The van der Waals surface area contributed by atoms with Crippen LogP contribution in [-0.4, -0.2) is 32.8 Å². The second kappa shape index (κ2) is 9.35. The molecule has 0 bridgehead atoms. The Morgan fingerprint density at radius 3 is 2.48 bits per heavy atom. The van der Waals surface area contributed by atoms with Crippen molar-refractivity contribution in [2.75, 3.05) is 26.8 Å². The molecule has 0 saturated carbocycles. The molecule has 5 nitrogen and oxygen atoms in total. The van der Waals surface area contributed by atoms with Crippen LogP contribution >= 0.6 is 0 Å². The first-order chi connectivity index (χ1) is 11.3. The van der Waals surface area contributed by atoms with Gasteiger partial charge >= 0.3 is 6.03 Å². The summed E-state index contributed by atoms with van der Waals surface area (Å²) in [4.78, 5) is 11.7. The van der Waals surface area contributed by atoms with Crippen LogP contribution in [0.1, 0.15) is 5.56 Å². The van der Waals surface area contributed by atoms with E-state index >= 15 is 0 Å². The van der Waals surface area contributed by atoms with Crippen molar-refractivity contribution in [1.82, 2.24) is 10.6 Å². The van der Waals surface area contributed by atoms with Gasteiger partial charge in [-0.25, -0.2) is 4.79 Å². The van der Waals surface area contributed by atoms with Gasteiger partial charge < -0.3 is 20.1 Å². The lowest BCUT2D eigenvalue weighted by molar-refractivity contribution is 0.236. The summed E-state index contributed by atoms with van der Waals surface area (Å²) < 4.78 is 10.7. The first kappa shape index (κ1) is 16.7. The molecule has 0 fully saturated rings. The lowest BCUT2D eigenvalue weighted by Gasteiger charge is -2.09. The molecule has 2 aromatic rings. The fraction of sp³-hybridized carbons (Fsp3) is 0.278. The van der Waals surface area contributed by atoms with Crippen molar-refractivity contribution in [3.05, 3.63) is 60.2 Å². The number of benzene rings is 2. The van der Waals surface area contributed by atoms with Crippen LogP contribution in [-0.2, 0) is 6.42 Å². The Balaban J connectivity index is 1.58. The van der Waals surface area contributed by atoms with Gasteiger partial charge in [0.15, 0.2) is 0 Å². The number of rotatable bonds is 8. The van der Waals surface area contributed by atoms with E-state index in [4.69, 9.17) is 9.47 Å². The summed E-state index contributed by atoms with van der Waals surface area (Å²) in [6.45, 7) is 1.46. The molecule has 0 heterocycles. The van der Waals surface area contributed by atoms with Gasteiger partial charge in [-0.15, -0.1) is 0 Å². The fourth-order valence-corrected chi connectivity index (χ4v) is 2.06. The Morgan fingerprint density at radius 1 is 0.957 bits per heavy atom. The van der Waals surface area contributed by atoms with Gasteiger partial charge in [-0.2, -0.15) is 0 Å². The standard InChI is InChI=1S/C18H22N2O3/c1-22-17-9-5-6-15(14-17)10-11-19-18(21)20-12-13-23-16-7-3-2-4-8-16/h2-9,14H,10-13H2,1H3,(H2,19,20,21). The van der Waals surface area contributed by atoms with Gasteiger partial charge in [0, 0.05) is 6.54 Å². The summed E-state index contributed by atoms with van der Waals surface area (Å²) in [5.74, 6) is 1.62. The summed E-state index contributed by atoms with van der Waals surface area (Å²) in [7, 11) is 1.64. The van der Waals surface area contributed by atoms with Gasteiger partial charge in [-0.3, -0.25) is 0 Å². The van der Waals surface area contributed by atoms with E-state index in [2.05, 4.69) is 10.6 Å². The largest absolute Gasteiger partial charge is 0.497 e. The number of urea groups is 1. The number of amides is 2. The van der Waals surface area contributed by atoms with Crippen LogP contribution in [0.3, 0.4) is 0 Å². The molecule has 23 heavy (non-hydrogen) atoms. The van der Waals surface area contributed by atoms with Gasteiger partial charge in [-0.1, -0.05) is 30.3 Å². The number of carbonyl (C=O) groups is 1. The molecular weight excluding hydrogens is 292 g/mol. The van der Waals surface area contributed by atoms with Crippen LogP contribution in [0.25, 0.3) is 0 Å². The molecule has 0 atom stereocenters. The zero-order valence-corrected chi connectivity index (χ0v) is 13.2. The summed E-state index contributed by atoms with van der Waals surface area (Å²) in [6.07, 6.45) is 0.755. The first-order valence-electron chi connectivity index (χ1n) is 7.60. The molecule has 0 aliphatic carbocycles. The predicted octanol–water partition coefficient (Wildman–Crippen LogP) is 2.62. The molecular formula is C18H22N2O3. The van der Waals surface area contributed by atoms with Crippen LogP contribution < -0.4 is 20.1 Å². The highest BCUT2D eigenvalue weighted by atomic mass is 16.5. The second-order valence-electron chi connectivity index (χ2n) is 4.95. The van der Waals surface area contributed by atoms with Crippen LogP contribution in [0, 0.1) is 0 Å². The summed E-state index contributed by atoms with van der Waals surface area (Å²) in [6, 6.07) is 17.1. The number of hydrogen-bond donors (Lipinski definition) is 2. The minimum Gasteiger partial charge on any atom is -0.497 e. The molecule has 2 N–H and O–H groups in total. The Morgan fingerprint density at radius 2 is 1.70 bits per heavy atom. The minimum absolute atomic E-state index is 0.190. The molecule has 0 spiro atoms. The zero-order valence-electron chi connectivity index (χ0n) is 13.2. The lowest BCUT2D eigenvalue weighted by Crippen LogP contribution is -2.38. The van der Waals surface area contributed by atoms with E-state index < -0.39 is 0 Å². The normalized spacial score (nSPS) is 9.96. The maximum atomic E-state index is 11.7. The topological polar surface area (TPSA) is 59.6 Å². The van der Waals surface area contributed by atoms with Crippen molar-refractivity contribution in [1.29, 1.82) is 0 Å². The average Bonchev–Trinajstić information content (AvgIpc) is 2.60. The van der Waals surface area contributed by atoms with Gasteiger partial charge in [0.1, 0.15) is 18.1 Å². The quantitative estimate of drug-likeness (QED) is 0.736. The van der Waals surface area contributed by atoms with Crippen molar-refractivity contribution < 1.29 is 14.3 Å². The molecule has 0 saturated heterocycles. The Labute approximate surface area is 136 Å². The third-order valence-electron chi connectivity index (χ3n) is 3.23. The summed E-state index contributed by atoms with van der Waals surface area (Å²) in [5, 5.41) is 5.58. The second-order valence-corrected chi connectivity index (χ2v) is 4.95. The van der Waals surface area contributed by atoms with E-state index in [1.807, 2.05) is 54.6 Å². The molecule has 2 aromatic carbocycles. The molecule has 2 rings (SSSR count). The van der Waals surface area contributed by atoms with E-state index in [1.54, 1.807) is 7.11 Å². The molecule has 0 unspecified atom stereocenters. The van der Waals surface area contributed by atoms with Crippen molar-refractivity contribution in [2.24, 2.45) is 0 Å². The molecule has 0 aromatic heterocycles. The van der Waals surface area contributed by atoms with Crippen LogP contribution in [0.15, 0.2) is 54.6 Å². The molecule has 2 amide bonds. The van der Waals surface area contributed by atoms with Crippen molar-refractivity contribution in [3.63, 3.8) is 0 Å². The number of methoxy groups -OCH3 is 1.